The van der Waals surface area contributed by atoms with Gasteiger partial charge in [-0.1, -0.05) is 48.5 Å². The molecule has 1 N–H and O–H groups in total. The Morgan fingerprint density at radius 3 is 2.71 bits per heavy atom. The molecule has 4 aliphatic rings. The Kier molecular flexibility index (Phi) is 6.79. The van der Waals surface area contributed by atoms with Gasteiger partial charge in [-0.2, -0.15) is 0 Å². The number of aliphatic imine (C=N–C) groups is 1. The van der Waals surface area contributed by atoms with E-state index in [0.29, 0.717) is 29.8 Å². The molecule has 1 amide bonds. The molecule has 2 bridgehead atoms. The largest absolute Gasteiger partial charge is 0.460 e. The van der Waals surface area contributed by atoms with E-state index in [1.54, 1.807) is 7.11 Å². The van der Waals surface area contributed by atoms with Crippen LogP contribution in [0.5, 0.6) is 0 Å². The molecule has 2 aliphatic carbocycles. The standard InChI is InChI=1S/C26H31N3O4S/c1-16-23(25(31)33-11-10-32-2)24(18-6-4-3-5-7-18)29-20(15-34-26(29)27-16)14-22(30)28-21-13-17-8-9-19(21)12-17/h3-7,15,17,19,21,24H,8-14H2,1-2H3,(H,28,30)/t17-,19-,21+,24+/m0/s1. The molecule has 34 heavy (non-hydrogen) atoms. The minimum absolute atomic E-state index is 0.0351. The number of nitrogens with zero attached hydrogens (tertiary/aromatic N) is 2. The van der Waals surface area contributed by atoms with Gasteiger partial charge >= 0.3 is 5.97 Å². The van der Waals surface area contributed by atoms with Crippen LogP contribution < -0.4 is 5.32 Å². The normalized spacial score (nSPS) is 27.4. The second kappa shape index (κ2) is 9.96. The zero-order valence-electron chi connectivity index (χ0n) is 19.7. The van der Waals surface area contributed by atoms with Crippen LogP contribution in [0.4, 0.5) is 0 Å². The second-order valence-corrected chi connectivity index (χ2v) is 10.3. The Bertz CT molecular complexity index is 1050. The van der Waals surface area contributed by atoms with Gasteiger partial charge in [0.25, 0.3) is 0 Å². The molecule has 2 saturated carbocycles. The summed E-state index contributed by atoms with van der Waals surface area (Å²) in [5.41, 5.74) is 2.94. The molecule has 4 atom stereocenters. The van der Waals surface area contributed by atoms with E-state index < -0.39 is 12.0 Å². The topological polar surface area (TPSA) is 80.2 Å². The molecule has 180 valence electrons. The van der Waals surface area contributed by atoms with Crippen molar-refractivity contribution in [3.63, 3.8) is 0 Å². The number of allylic oxidation sites excluding steroid dienone is 1. The number of nitrogens with one attached hydrogen (secondary N) is 1. The predicted octanol–water partition coefficient (Wildman–Crippen LogP) is 4.15. The van der Waals surface area contributed by atoms with Crippen LogP contribution in [-0.4, -0.2) is 48.3 Å². The number of fused-ring (bicyclic) bond motifs is 3. The molecule has 2 fully saturated rings. The van der Waals surface area contributed by atoms with Gasteiger partial charge in [-0.15, -0.1) is 0 Å². The van der Waals surface area contributed by atoms with E-state index in [1.807, 2.05) is 47.6 Å². The number of ether oxygens (including phenoxy) is 2. The third-order valence-electron chi connectivity index (χ3n) is 7.28. The summed E-state index contributed by atoms with van der Waals surface area (Å²) < 4.78 is 10.5. The first-order valence-electron chi connectivity index (χ1n) is 12.0. The van der Waals surface area contributed by atoms with Gasteiger partial charge < -0.3 is 19.7 Å². The SMILES string of the molecule is COCCOC(=O)C1=C(C)N=C2SC=C(CC(=O)N[C@@H]3C[C@H]4CC[C@H]3C4)N2[C@@H]1c1ccccc1. The van der Waals surface area contributed by atoms with Crippen LogP contribution in [0.2, 0.25) is 0 Å². The lowest BCUT2D eigenvalue weighted by molar-refractivity contribution is -0.141. The molecule has 0 spiro atoms. The van der Waals surface area contributed by atoms with Crippen LogP contribution >= 0.6 is 11.8 Å². The van der Waals surface area contributed by atoms with E-state index in [-0.39, 0.29) is 18.9 Å². The molecule has 0 radical (unpaired) electrons. The molecule has 1 aromatic carbocycles. The molecular formula is C26H31N3O4S. The lowest BCUT2D eigenvalue weighted by atomic mass is 9.93. The van der Waals surface area contributed by atoms with E-state index in [9.17, 15) is 9.59 Å². The Hall–Kier alpha value is -2.58. The first-order valence-corrected chi connectivity index (χ1v) is 12.9. The van der Waals surface area contributed by atoms with E-state index in [4.69, 9.17) is 14.5 Å². The Balaban J connectivity index is 1.38. The van der Waals surface area contributed by atoms with Crippen molar-refractivity contribution in [3.05, 3.63) is 58.3 Å². The number of esters is 1. The number of amidine groups is 1. The summed E-state index contributed by atoms with van der Waals surface area (Å²) in [4.78, 5) is 32.9. The highest BCUT2D eigenvalue weighted by atomic mass is 32.2. The molecule has 5 rings (SSSR count). The third kappa shape index (κ3) is 4.53. The molecule has 2 heterocycles. The number of hydrogen-bond acceptors (Lipinski definition) is 7. The maximum absolute atomic E-state index is 13.2. The van der Waals surface area contributed by atoms with E-state index in [2.05, 4.69) is 5.32 Å². The van der Waals surface area contributed by atoms with Crippen molar-refractivity contribution in [1.82, 2.24) is 10.2 Å². The molecular weight excluding hydrogens is 450 g/mol. The van der Waals surface area contributed by atoms with E-state index >= 15 is 0 Å². The van der Waals surface area contributed by atoms with Gasteiger partial charge in [0.2, 0.25) is 5.91 Å². The number of amides is 1. The van der Waals surface area contributed by atoms with Gasteiger partial charge in [-0.25, -0.2) is 9.79 Å². The average Bonchev–Trinajstić information content (AvgIpc) is 3.55. The van der Waals surface area contributed by atoms with Gasteiger partial charge in [-0.05, 0) is 49.0 Å². The average molecular weight is 482 g/mol. The fourth-order valence-electron chi connectivity index (χ4n) is 5.72. The minimum atomic E-state index is -0.408. The Labute approximate surface area is 204 Å². The van der Waals surface area contributed by atoms with E-state index in [0.717, 1.165) is 28.8 Å². The van der Waals surface area contributed by atoms with Crippen molar-refractivity contribution in [2.24, 2.45) is 16.8 Å². The molecule has 7 nitrogen and oxygen atoms in total. The lowest BCUT2D eigenvalue weighted by Gasteiger charge is -2.36. The summed E-state index contributed by atoms with van der Waals surface area (Å²) in [7, 11) is 1.57. The first-order chi connectivity index (χ1) is 16.5. The zero-order chi connectivity index (χ0) is 23.7. The van der Waals surface area contributed by atoms with E-state index in [1.165, 1.54) is 31.0 Å². The van der Waals surface area contributed by atoms with Crippen LogP contribution in [0.3, 0.4) is 0 Å². The van der Waals surface area contributed by atoms with Gasteiger partial charge in [0, 0.05) is 18.8 Å². The number of benzene rings is 1. The lowest BCUT2D eigenvalue weighted by Crippen LogP contribution is -2.41. The van der Waals surface area contributed by atoms with Crippen LogP contribution in [0.25, 0.3) is 0 Å². The summed E-state index contributed by atoms with van der Waals surface area (Å²) in [5, 5.41) is 6.06. The van der Waals surface area contributed by atoms with Crippen molar-refractivity contribution in [3.8, 4) is 0 Å². The number of rotatable bonds is 8. The number of carbonyl (C=O) groups excluding carboxylic acids is 2. The quantitative estimate of drug-likeness (QED) is 0.444. The second-order valence-electron chi connectivity index (χ2n) is 9.46. The Morgan fingerprint density at radius 1 is 1.18 bits per heavy atom. The highest BCUT2D eigenvalue weighted by Crippen LogP contribution is 2.46. The van der Waals surface area contributed by atoms with Crippen molar-refractivity contribution >= 4 is 28.8 Å². The molecule has 2 aliphatic heterocycles. The minimum Gasteiger partial charge on any atom is -0.460 e. The zero-order valence-corrected chi connectivity index (χ0v) is 20.5. The maximum atomic E-state index is 13.2. The van der Waals surface area contributed by atoms with Crippen molar-refractivity contribution in [2.45, 2.75) is 51.1 Å². The van der Waals surface area contributed by atoms with Crippen molar-refractivity contribution in [2.75, 3.05) is 20.3 Å². The van der Waals surface area contributed by atoms with Gasteiger partial charge in [0.05, 0.1) is 30.3 Å². The molecule has 0 unspecified atom stereocenters. The number of thioether (sulfide) groups is 1. The summed E-state index contributed by atoms with van der Waals surface area (Å²) in [5.74, 6) is 1.03. The van der Waals surface area contributed by atoms with Crippen molar-refractivity contribution in [1.29, 1.82) is 0 Å². The summed E-state index contributed by atoms with van der Waals surface area (Å²) in [6, 6.07) is 9.76. The molecule has 0 saturated heterocycles. The van der Waals surface area contributed by atoms with Gasteiger partial charge in [0.15, 0.2) is 5.17 Å². The molecule has 8 heteroatoms. The monoisotopic (exact) mass is 481 g/mol. The molecule has 0 aromatic heterocycles. The van der Waals surface area contributed by atoms with Crippen LogP contribution in [0, 0.1) is 11.8 Å². The summed E-state index contributed by atoms with van der Waals surface area (Å²) in [6.45, 7) is 2.34. The van der Waals surface area contributed by atoms with Crippen LogP contribution in [0.1, 0.15) is 50.6 Å². The highest BCUT2D eigenvalue weighted by Gasteiger charge is 2.43. The fraction of sp³-hybridized carbons (Fsp3) is 0.500. The Morgan fingerprint density at radius 2 is 2.00 bits per heavy atom. The maximum Gasteiger partial charge on any atom is 0.338 e. The number of methoxy groups -OCH3 is 1. The van der Waals surface area contributed by atoms with Crippen LogP contribution in [-0.2, 0) is 19.1 Å². The smallest absolute Gasteiger partial charge is 0.338 e. The summed E-state index contributed by atoms with van der Waals surface area (Å²) in [6.07, 6.45) is 5.15. The highest BCUT2D eigenvalue weighted by molar-refractivity contribution is 8.16. The number of hydrogen-bond donors (Lipinski definition) is 1. The van der Waals surface area contributed by atoms with Crippen molar-refractivity contribution < 1.29 is 19.1 Å². The predicted molar refractivity (Wildman–Crippen MR) is 132 cm³/mol. The number of carbonyl (C=O) groups is 2. The van der Waals surface area contributed by atoms with Gasteiger partial charge in [0.1, 0.15) is 6.61 Å². The molecule has 1 aromatic rings. The fourth-order valence-corrected chi connectivity index (χ4v) is 6.68. The first kappa shape index (κ1) is 23.2. The summed E-state index contributed by atoms with van der Waals surface area (Å²) >= 11 is 1.50. The van der Waals surface area contributed by atoms with Crippen LogP contribution in [0.15, 0.2) is 57.7 Å². The third-order valence-corrected chi connectivity index (χ3v) is 8.17. The van der Waals surface area contributed by atoms with Gasteiger partial charge in [-0.3, -0.25) is 4.79 Å².